The minimum atomic E-state index is -0.185. The molecule has 0 bridgehead atoms. The first-order valence-electron chi connectivity index (χ1n) is 6.05. The number of likely N-dealkylation sites (tertiary alicyclic amines) is 1. The van der Waals surface area contributed by atoms with Gasteiger partial charge in [-0.1, -0.05) is 18.5 Å². The second-order valence-corrected chi connectivity index (χ2v) is 6.47. The van der Waals surface area contributed by atoms with E-state index in [0.29, 0.717) is 34.5 Å². The molecule has 0 amide bonds. The summed E-state index contributed by atoms with van der Waals surface area (Å²) in [5.41, 5.74) is 0. The maximum Gasteiger partial charge on any atom is 0.189 e. The van der Waals surface area contributed by atoms with Crippen molar-refractivity contribution in [1.82, 2.24) is 4.90 Å². The van der Waals surface area contributed by atoms with Crippen LogP contribution in [0, 0.1) is 5.92 Å². The molecule has 1 aliphatic heterocycles. The Kier molecular flexibility index (Phi) is 4.20. The predicted octanol–water partition coefficient (Wildman–Crippen LogP) is 2.88. The number of ketones is 2. The van der Waals surface area contributed by atoms with Gasteiger partial charge in [-0.25, -0.2) is 0 Å². The van der Waals surface area contributed by atoms with Crippen LogP contribution in [-0.4, -0.2) is 35.6 Å². The fourth-order valence-corrected chi connectivity index (χ4v) is 3.28. The monoisotopic (exact) mass is 285 g/mol. The Balaban J connectivity index is 2.05. The average molecular weight is 286 g/mol. The van der Waals surface area contributed by atoms with Gasteiger partial charge >= 0.3 is 0 Å². The molecular weight excluding hydrogens is 270 g/mol. The van der Waals surface area contributed by atoms with Crippen molar-refractivity contribution in [3.8, 4) is 0 Å². The van der Waals surface area contributed by atoms with Crippen molar-refractivity contribution in [1.29, 1.82) is 0 Å². The third-order valence-corrected chi connectivity index (χ3v) is 4.69. The summed E-state index contributed by atoms with van der Waals surface area (Å²) in [6.07, 6.45) is 0.546. The van der Waals surface area contributed by atoms with E-state index in [1.165, 1.54) is 11.3 Å². The zero-order chi connectivity index (χ0) is 13.3. The molecule has 1 saturated heterocycles. The van der Waals surface area contributed by atoms with E-state index in [4.69, 9.17) is 11.6 Å². The summed E-state index contributed by atoms with van der Waals surface area (Å²) in [6, 6.07) is 3.33. The van der Waals surface area contributed by atoms with Crippen LogP contribution in [0.5, 0.6) is 0 Å². The number of carbonyl (C=O) groups excluding carboxylic acids is 2. The molecule has 0 radical (unpaired) electrons. The molecule has 5 heteroatoms. The lowest BCUT2D eigenvalue weighted by Gasteiger charge is -2.33. The van der Waals surface area contributed by atoms with Crippen LogP contribution in [0.4, 0.5) is 0 Å². The standard InChI is InChI=1S/C13H16ClNO2S/c1-8-7-15(6-5-10(8)16)9(2)13(17)11-3-4-12(14)18-11/h3-4,8-9H,5-7H2,1-2H3. The van der Waals surface area contributed by atoms with Crippen LogP contribution in [0.1, 0.15) is 29.9 Å². The first kappa shape index (κ1) is 13.7. The lowest BCUT2D eigenvalue weighted by molar-refractivity contribution is -0.125. The Morgan fingerprint density at radius 3 is 2.83 bits per heavy atom. The number of Topliss-reactive ketones (excluding diaryl/α,β-unsaturated/α-hetero) is 2. The highest BCUT2D eigenvalue weighted by atomic mass is 35.5. The first-order chi connectivity index (χ1) is 8.49. The van der Waals surface area contributed by atoms with Gasteiger partial charge in [0.15, 0.2) is 5.78 Å². The third kappa shape index (κ3) is 2.82. The van der Waals surface area contributed by atoms with E-state index in [1.807, 2.05) is 13.8 Å². The van der Waals surface area contributed by atoms with Crippen LogP contribution in [0.3, 0.4) is 0 Å². The Labute approximate surface area is 116 Å². The van der Waals surface area contributed by atoms with Crippen LogP contribution in [0.2, 0.25) is 4.34 Å². The van der Waals surface area contributed by atoms with E-state index in [0.717, 1.165) is 0 Å². The van der Waals surface area contributed by atoms with Crippen molar-refractivity contribution in [2.45, 2.75) is 26.3 Å². The number of thiophene rings is 1. The summed E-state index contributed by atoms with van der Waals surface area (Å²) in [6.45, 7) is 5.17. The van der Waals surface area contributed by atoms with Crippen molar-refractivity contribution < 1.29 is 9.59 Å². The summed E-state index contributed by atoms with van der Waals surface area (Å²) in [7, 11) is 0. The minimum absolute atomic E-state index is 0.0286. The molecule has 2 heterocycles. The van der Waals surface area contributed by atoms with Gasteiger partial charge in [0, 0.05) is 25.4 Å². The average Bonchev–Trinajstić information content (AvgIpc) is 2.77. The normalized spacial score (nSPS) is 23.1. The Morgan fingerprint density at radius 2 is 2.28 bits per heavy atom. The zero-order valence-electron chi connectivity index (χ0n) is 10.5. The topological polar surface area (TPSA) is 37.4 Å². The Hall–Kier alpha value is -0.710. The summed E-state index contributed by atoms with van der Waals surface area (Å²) >= 11 is 7.16. The fourth-order valence-electron chi connectivity index (χ4n) is 2.22. The first-order valence-corrected chi connectivity index (χ1v) is 7.25. The molecule has 2 unspecified atom stereocenters. The molecule has 1 aromatic rings. The lowest BCUT2D eigenvalue weighted by atomic mass is 9.96. The highest BCUT2D eigenvalue weighted by Gasteiger charge is 2.30. The zero-order valence-corrected chi connectivity index (χ0v) is 12.1. The van der Waals surface area contributed by atoms with Crippen LogP contribution in [0.25, 0.3) is 0 Å². The predicted molar refractivity (Wildman–Crippen MR) is 73.5 cm³/mol. The molecule has 2 atom stereocenters. The van der Waals surface area contributed by atoms with Gasteiger partial charge in [0.2, 0.25) is 0 Å². The number of hydrogen-bond donors (Lipinski definition) is 0. The van der Waals surface area contributed by atoms with Crippen molar-refractivity contribution in [3.05, 3.63) is 21.3 Å². The molecule has 2 rings (SSSR count). The Morgan fingerprint density at radius 1 is 1.56 bits per heavy atom. The highest BCUT2D eigenvalue weighted by Crippen LogP contribution is 2.24. The molecule has 3 nitrogen and oxygen atoms in total. The second kappa shape index (κ2) is 5.51. The smallest absolute Gasteiger partial charge is 0.189 e. The van der Waals surface area contributed by atoms with Crippen LogP contribution < -0.4 is 0 Å². The van der Waals surface area contributed by atoms with Gasteiger partial charge in [0.05, 0.1) is 15.3 Å². The molecule has 0 N–H and O–H groups in total. The molecule has 0 spiro atoms. The number of hydrogen-bond acceptors (Lipinski definition) is 4. The molecule has 1 aromatic heterocycles. The summed E-state index contributed by atoms with van der Waals surface area (Å²) in [5.74, 6) is 0.416. The molecule has 0 saturated carbocycles. The second-order valence-electron chi connectivity index (χ2n) is 4.76. The molecule has 1 fully saturated rings. The van der Waals surface area contributed by atoms with Crippen molar-refractivity contribution in [2.75, 3.05) is 13.1 Å². The van der Waals surface area contributed by atoms with E-state index in [-0.39, 0.29) is 17.7 Å². The fraction of sp³-hybridized carbons (Fsp3) is 0.538. The maximum absolute atomic E-state index is 12.3. The van der Waals surface area contributed by atoms with Gasteiger partial charge < -0.3 is 0 Å². The number of nitrogens with zero attached hydrogens (tertiary/aromatic N) is 1. The van der Waals surface area contributed by atoms with Crippen molar-refractivity contribution in [3.63, 3.8) is 0 Å². The quantitative estimate of drug-likeness (QED) is 0.802. The van der Waals surface area contributed by atoms with Gasteiger partial charge in [-0.05, 0) is 19.1 Å². The van der Waals surface area contributed by atoms with E-state index in [2.05, 4.69) is 4.90 Å². The number of piperidine rings is 1. The van der Waals surface area contributed by atoms with Gasteiger partial charge in [0.25, 0.3) is 0 Å². The number of rotatable bonds is 3. The van der Waals surface area contributed by atoms with Gasteiger partial charge in [-0.2, -0.15) is 0 Å². The van der Waals surface area contributed by atoms with Crippen LogP contribution in [-0.2, 0) is 4.79 Å². The SMILES string of the molecule is CC1CN(C(C)C(=O)c2ccc(Cl)s2)CCC1=O. The van der Waals surface area contributed by atoms with E-state index in [9.17, 15) is 9.59 Å². The lowest BCUT2D eigenvalue weighted by Crippen LogP contribution is -2.47. The van der Waals surface area contributed by atoms with E-state index < -0.39 is 0 Å². The molecule has 1 aliphatic rings. The highest BCUT2D eigenvalue weighted by molar-refractivity contribution is 7.18. The maximum atomic E-state index is 12.3. The van der Waals surface area contributed by atoms with Crippen LogP contribution >= 0.6 is 22.9 Å². The summed E-state index contributed by atoms with van der Waals surface area (Å²) in [5, 5.41) is 0. The van der Waals surface area contributed by atoms with Crippen LogP contribution in [0.15, 0.2) is 12.1 Å². The Bertz CT molecular complexity index is 471. The van der Waals surface area contributed by atoms with Gasteiger partial charge in [0.1, 0.15) is 5.78 Å². The third-order valence-electron chi connectivity index (χ3n) is 3.45. The number of halogens is 1. The van der Waals surface area contributed by atoms with Gasteiger partial charge in [-0.15, -0.1) is 11.3 Å². The minimum Gasteiger partial charge on any atom is -0.299 e. The largest absolute Gasteiger partial charge is 0.299 e. The molecule has 18 heavy (non-hydrogen) atoms. The molecule has 0 aliphatic carbocycles. The van der Waals surface area contributed by atoms with Gasteiger partial charge in [-0.3, -0.25) is 14.5 Å². The summed E-state index contributed by atoms with van der Waals surface area (Å²) < 4.78 is 0.632. The van der Waals surface area contributed by atoms with E-state index in [1.54, 1.807) is 12.1 Å². The summed E-state index contributed by atoms with van der Waals surface area (Å²) in [4.78, 5) is 26.5. The number of carbonyl (C=O) groups is 2. The van der Waals surface area contributed by atoms with Crippen molar-refractivity contribution in [2.24, 2.45) is 5.92 Å². The van der Waals surface area contributed by atoms with E-state index >= 15 is 0 Å². The molecular formula is C13H16ClNO2S. The molecule has 98 valence electrons. The van der Waals surface area contributed by atoms with Crippen molar-refractivity contribution >= 4 is 34.5 Å². The molecule has 0 aromatic carbocycles.